The van der Waals surface area contributed by atoms with Crippen LogP contribution in [0.15, 0.2) is 36.9 Å². The predicted octanol–water partition coefficient (Wildman–Crippen LogP) is 4.33. The molecule has 38 heavy (non-hydrogen) atoms. The zero-order chi connectivity index (χ0) is 28.3. The van der Waals surface area contributed by atoms with Gasteiger partial charge in [-0.2, -0.15) is 27.8 Å². The third-order valence-corrected chi connectivity index (χ3v) is 5.53. The van der Waals surface area contributed by atoms with Gasteiger partial charge in [0.2, 0.25) is 12.4 Å². The lowest BCUT2D eigenvalue weighted by molar-refractivity contribution is -0.181. The minimum Gasteiger partial charge on any atom is -0.387 e. The largest absolute Gasteiger partial charge is 0.401 e. The van der Waals surface area contributed by atoms with Crippen LogP contribution < -0.4 is 10.2 Å². The van der Waals surface area contributed by atoms with Gasteiger partial charge in [-0.1, -0.05) is 13.8 Å². The molecule has 0 fully saturated rings. The Kier molecular flexibility index (Phi) is 8.22. The number of halogens is 6. The zero-order valence-corrected chi connectivity index (χ0v) is 20.6. The summed E-state index contributed by atoms with van der Waals surface area (Å²) >= 11 is 0. The van der Waals surface area contributed by atoms with Gasteiger partial charge >= 0.3 is 6.18 Å². The lowest BCUT2D eigenvalue weighted by Gasteiger charge is -2.27. The first-order valence-electron chi connectivity index (χ1n) is 11.2. The normalized spacial score (nSPS) is 16.4. The molecule has 10 nitrogen and oxygen atoms in total. The van der Waals surface area contributed by atoms with Gasteiger partial charge in [-0.3, -0.25) is 4.79 Å². The monoisotopic (exact) mass is 543 g/mol. The first-order valence-corrected chi connectivity index (χ1v) is 11.2. The second kappa shape index (κ2) is 11.0. The number of pyridine rings is 1. The van der Waals surface area contributed by atoms with Gasteiger partial charge in [0, 0.05) is 19.7 Å². The molecule has 1 aliphatic heterocycles. The Labute approximate surface area is 212 Å². The highest BCUT2D eigenvalue weighted by Crippen LogP contribution is 2.49. The third-order valence-electron chi connectivity index (χ3n) is 5.53. The number of rotatable bonds is 4. The van der Waals surface area contributed by atoms with E-state index in [0.29, 0.717) is 12.1 Å². The van der Waals surface area contributed by atoms with Crippen LogP contribution in [0.4, 0.5) is 37.7 Å². The summed E-state index contributed by atoms with van der Waals surface area (Å²) in [5, 5.41) is 13.7. The molecule has 1 atom stereocenters. The number of hydrogen-bond acceptors (Lipinski definition) is 7. The highest BCUT2D eigenvalue weighted by Gasteiger charge is 2.59. The standard InChI is InChI=1S/C11H8F4N4O.C9H9F2N5.C2H6/c1-10(11(13,14)15)4-18(5-20)6-3-16-8-2-7(12)17-19(8)9(6)10;1-12-6-4-7(8(10)11)9(13-5-6)16-14-2-3-15-16;1-2/h2-3,5H,4H2,1H3;2-5,8,12H,1H3;1-2H3. The Morgan fingerprint density at radius 2 is 1.76 bits per heavy atom. The van der Waals surface area contributed by atoms with Crippen LogP contribution in [0.1, 0.15) is 38.5 Å². The number of amides is 1. The molecule has 1 N–H and O–H groups in total. The third kappa shape index (κ3) is 5.10. The summed E-state index contributed by atoms with van der Waals surface area (Å²) in [5.41, 5.74) is -2.36. The van der Waals surface area contributed by atoms with Crippen LogP contribution in [0.25, 0.3) is 11.5 Å². The van der Waals surface area contributed by atoms with Crippen molar-refractivity contribution in [3.8, 4) is 5.82 Å². The molecular formula is C22H23F6N9O. The van der Waals surface area contributed by atoms with Crippen LogP contribution in [-0.2, 0) is 10.2 Å². The Hall–Kier alpha value is -4.24. The number of carbonyl (C=O) groups is 1. The van der Waals surface area contributed by atoms with E-state index in [4.69, 9.17) is 0 Å². The van der Waals surface area contributed by atoms with E-state index in [1.807, 2.05) is 13.8 Å². The number of fused-ring (bicyclic) bond motifs is 3. The summed E-state index contributed by atoms with van der Waals surface area (Å²) in [7, 11) is 1.64. The van der Waals surface area contributed by atoms with Gasteiger partial charge in [0.15, 0.2) is 11.5 Å². The predicted molar refractivity (Wildman–Crippen MR) is 125 cm³/mol. The molecule has 0 spiro atoms. The van der Waals surface area contributed by atoms with Gasteiger partial charge in [-0.15, -0.1) is 9.90 Å². The molecule has 0 aliphatic carbocycles. The number of hydrogen-bond donors (Lipinski definition) is 1. The molecule has 16 heteroatoms. The zero-order valence-electron chi connectivity index (χ0n) is 20.6. The van der Waals surface area contributed by atoms with E-state index >= 15 is 0 Å². The summed E-state index contributed by atoms with van der Waals surface area (Å²) < 4.78 is 79.7. The second-order valence-electron chi connectivity index (χ2n) is 7.80. The van der Waals surface area contributed by atoms with Crippen LogP contribution in [-0.4, -0.2) is 60.8 Å². The van der Waals surface area contributed by atoms with Crippen molar-refractivity contribution >= 4 is 23.4 Å². The molecule has 1 amide bonds. The van der Waals surface area contributed by atoms with Crippen molar-refractivity contribution < 1.29 is 31.1 Å². The lowest BCUT2D eigenvalue weighted by Crippen LogP contribution is -2.44. The molecule has 0 saturated carbocycles. The van der Waals surface area contributed by atoms with Crippen molar-refractivity contribution in [3.63, 3.8) is 0 Å². The van der Waals surface area contributed by atoms with E-state index in [9.17, 15) is 31.1 Å². The minimum atomic E-state index is -4.61. The summed E-state index contributed by atoms with van der Waals surface area (Å²) in [6, 6.07) is 2.26. The highest BCUT2D eigenvalue weighted by atomic mass is 19.4. The van der Waals surface area contributed by atoms with Crippen LogP contribution in [0.5, 0.6) is 0 Å². The molecule has 0 saturated heterocycles. The minimum absolute atomic E-state index is 0.0181. The Balaban J connectivity index is 0.000000202. The molecule has 5 heterocycles. The topological polar surface area (TPSA) is 106 Å². The first kappa shape index (κ1) is 28.3. The van der Waals surface area contributed by atoms with E-state index < -0.39 is 30.5 Å². The van der Waals surface area contributed by atoms with Gasteiger partial charge in [-0.25, -0.2) is 23.3 Å². The van der Waals surface area contributed by atoms with Gasteiger partial charge in [0.1, 0.15) is 5.41 Å². The van der Waals surface area contributed by atoms with Crippen molar-refractivity contribution in [1.29, 1.82) is 0 Å². The number of carbonyl (C=O) groups excluding carboxylic acids is 1. The molecule has 204 valence electrons. The fourth-order valence-corrected chi connectivity index (χ4v) is 3.71. The first-order chi connectivity index (χ1) is 18.0. The summed E-state index contributed by atoms with van der Waals surface area (Å²) in [4.78, 5) is 20.6. The molecule has 4 aromatic heterocycles. The maximum absolute atomic E-state index is 13.4. The molecule has 4 aromatic rings. The van der Waals surface area contributed by atoms with Crippen LogP contribution >= 0.6 is 0 Å². The molecule has 1 aliphatic rings. The van der Waals surface area contributed by atoms with Crippen LogP contribution in [0.3, 0.4) is 0 Å². The van der Waals surface area contributed by atoms with E-state index in [0.717, 1.165) is 33.4 Å². The van der Waals surface area contributed by atoms with E-state index in [2.05, 4.69) is 30.6 Å². The van der Waals surface area contributed by atoms with Gasteiger partial charge in [-0.05, 0) is 13.0 Å². The molecule has 0 radical (unpaired) electrons. The summed E-state index contributed by atoms with van der Waals surface area (Å²) in [6.07, 6.45) is -1.56. The van der Waals surface area contributed by atoms with Gasteiger partial charge in [0.05, 0.1) is 47.4 Å². The molecule has 0 bridgehead atoms. The number of anilines is 2. The number of nitrogens with zero attached hydrogens (tertiary/aromatic N) is 8. The molecule has 1 unspecified atom stereocenters. The number of aromatic nitrogens is 7. The van der Waals surface area contributed by atoms with Crippen LogP contribution in [0.2, 0.25) is 0 Å². The maximum atomic E-state index is 13.4. The van der Waals surface area contributed by atoms with Gasteiger partial charge in [0.25, 0.3) is 6.43 Å². The fraction of sp³-hybridized carbons (Fsp3) is 0.364. The highest BCUT2D eigenvalue weighted by molar-refractivity contribution is 5.81. The van der Waals surface area contributed by atoms with Crippen molar-refractivity contribution in [1.82, 2.24) is 34.6 Å². The summed E-state index contributed by atoms with van der Waals surface area (Å²) in [5.74, 6) is -0.890. The van der Waals surface area contributed by atoms with Crippen molar-refractivity contribution in [2.24, 2.45) is 0 Å². The Morgan fingerprint density at radius 3 is 2.32 bits per heavy atom. The number of nitrogens with one attached hydrogen (secondary N) is 1. The van der Waals surface area contributed by atoms with Gasteiger partial charge < -0.3 is 10.2 Å². The van der Waals surface area contributed by atoms with E-state index in [-0.39, 0.29) is 28.4 Å². The number of alkyl halides is 5. The average molecular weight is 543 g/mol. The summed E-state index contributed by atoms with van der Waals surface area (Å²) in [6.45, 7) is 4.37. The molecule has 5 rings (SSSR count). The van der Waals surface area contributed by atoms with Crippen molar-refractivity contribution in [2.75, 3.05) is 23.8 Å². The van der Waals surface area contributed by atoms with E-state index in [1.165, 1.54) is 24.7 Å². The van der Waals surface area contributed by atoms with Crippen molar-refractivity contribution in [2.45, 2.75) is 38.8 Å². The fourth-order valence-electron chi connectivity index (χ4n) is 3.71. The molecule has 0 aromatic carbocycles. The maximum Gasteiger partial charge on any atom is 0.401 e. The average Bonchev–Trinajstić information content (AvgIpc) is 3.62. The lowest BCUT2D eigenvalue weighted by atomic mass is 9.88. The Bertz CT molecular complexity index is 1390. The van der Waals surface area contributed by atoms with E-state index in [1.54, 1.807) is 7.05 Å². The van der Waals surface area contributed by atoms with Crippen LogP contribution in [0, 0.1) is 5.95 Å². The van der Waals surface area contributed by atoms with Crippen molar-refractivity contribution in [3.05, 3.63) is 54.1 Å². The molecular weight excluding hydrogens is 520 g/mol. The second-order valence-corrected chi connectivity index (χ2v) is 7.80. The SMILES string of the molecule is CC.CC1(C(F)(F)F)CN(C=O)c2cnc3cc(F)nn3c21.CNc1cnc(-n2nccn2)c(C(F)F)c1. The smallest absolute Gasteiger partial charge is 0.387 e. The Morgan fingerprint density at radius 1 is 1.11 bits per heavy atom. The quantitative estimate of drug-likeness (QED) is 0.302.